The van der Waals surface area contributed by atoms with Gasteiger partial charge in [-0.3, -0.25) is 9.59 Å². The van der Waals surface area contributed by atoms with Crippen molar-refractivity contribution in [2.45, 2.75) is 6.92 Å². The van der Waals surface area contributed by atoms with Crippen molar-refractivity contribution in [1.82, 2.24) is 20.8 Å². The predicted molar refractivity (Wildman–Crippen MR) is 102 cm³/mol. The van der Waals surface area contributed by atoms with Gasteiger partial charge in [0.1, 0.15) is 11.6 Å². The average molecular weight is 398 g/mol. The molecule has 150 valence electrons. The van der Waals surface area contributed by atoms with Crippen molar-refractivity contribution in [3.8, 4) is 17.1 Å². The summed E-state index contributed by atoms with van der Waals surface area (Å²) in [5.74, 6) is -0.746. The second-order valence-corrected chi connectivity index (χ2v) is 6.14. The minimum atomic E-state index is -0.535. The number of carbonyl (C=O) groups excluding carboxylic acids is 2. The quantitative estimate of drug-likeness (QED) is 0.563. The lowest BCUT2D eigenvalue weighted by Gasteiger charge is -2.07. The molecule has 0 fully saturated rings. The summed E-state index contributed by atoms with van der Waals surface area (Å²) >= 11 is 0. The number of amides is 2. The van der Waals surface area contributed by atoms with Gasteiger partial charge in [-0.2, -0.15) is 4.98 Å². The van der Waals surface area contributed by atoms with Crippen molar-refractivity contribution < 1.29 is 23.2 Å². The van der Waals surface area contributed by atoms with E-state index in [2.05, 4.69) is 20.8 Å². The van der Waals surface area contributed by atoms with Crippen LogP contribution in [0, 0.1) is 12.7 Å². The first-order chi connectivity index (χ1) is 14.0. The first kappa shape index (κ1) is 20.0. The molecule has 0 aliphatic carbocycles. The number of benzene rings is 2. The SMILES string of the molecule is Cc1ccc(-c2noc(C(=O)NCCNC(=O)COc3ccc(F)cc3)n2)cc1. The van der Waals surface area contributed by atoms with E-state index in [0.29, 0.717) is 11.6 Å². The highest BCUT2D eigenvalue weighted by Crippen LogP contribution is 2.16. The monoisotopic (exact) mass is 398 g/mol. The van der Waals surface area contributed by atoms with Crippen LogP contribution in [-0.2, 0) is 4.79 Å². The summed E-state index contributed by atoms with van der Waals surface area (Å²) < 4.78 is 23.0. The minimum absolute atomic E-state index is 0.161. The molecular formula is C20H19FN4O4. The van der Waals surface area contributed by atoms with Crippen LogP contribution in [0.1, 0.15) is 16.2 Å². The smallest absolute Gasteiger partial charge is 0.316 e. The van der Waals surface area contributed by atoms with Crippen LogP contribution < -0.4 is 15.4 Å². The van der Waals surface area contributed by atoms with Gasteiger partial charge in [0.2, 0.25) is 5.82 Å². The van der Waals surface area contributed by atoms with Crippen LogP contribution in [-0.4, -0.2) is 41.7 Å². The summed E-state index contributed by atoms with van der Waals surface area (Å²) in [6.07, 6.45) is 0. The van der Waals surface area contributed by atoms with E-state index < -0.39 is 5.91 Å². The number of ether oxygens (including phenoxy) is 1. The van der Waals surface area contributed by atoms with Crippen molar-refractivity contribution in [3.05, 3.63) is 65.8 Å². The number of carbonyl (C=O) groups is 2. The van der Waals surface area contributed by atoms with Gasteiger partial charge in [-0.25, -0.2) is 4.39 Å². The van der Waals surface area contributed by atoms with E-state index in [1.54, 1.807) is 0 Å². The number of hydrogen-bond donors (Lipinski definition) is 2. The fourth-order valence-corrected chi connectivity index (χ4v) is 2.32. The van der Waals surface area contributed by atoms with Gasteiger partial charge in [0.15, 0.2) is 6.61 Å². The van der Waals surface area contributed by atoms with Gasteiger partial charge in [0.05, 0.1) is 0 Å². The summed E-state index contributed by atoms with van der Waals surface area (Å²) in [4.78, 5) is 27.8. The maximum absolute atomic E-state index is 12.8. The standard InChI is InChI=1S/C20H19FN4O4/c1-13-2-4-14(5-3-13)18-24-20(29-25-18)19(27)23-11-10-22-17(26)12-28-16-8-6-15(21)7-9-16/h2-9H,10-12H2,1H3,(H,22,26)(H,23,27). The van der Waals surface area contributed by atoms with E-state index in [1.807, 2.05) is 31.2 Å². The number of halogens is 1. The third-order valence-electron chi connectivity index (χ3n) is 3.85. The molecule has 0 unspecified atom stereocenters. The summed E-state index contributed by atoms with van der Waals surface area (Å²) in [6.45, 7) is 2.11. The molecule has 2 amide bonds. The van der Waals surface area contributed by atoms with Crippen LogP contribution in [0.25, 0.3) is 11.4 Å². The number of aromatic nitrogens is 2. The summed E-state index contributed by atoms with van der Waals surface area (Å²) in [6, 6.07) is 12.8. The Morgan fingerprint density at radius 1 is 1.03 bits per heavy atom. The lowest BCUT2D eigenvalue weighted by atomic mass is 10.1. The van der Waals surface area contributed by atoms with Crippen LogP contribution in [0.2, 0.25) is 0 Å². The van der Waals surface area contributed by atoms with Gasteiger partial charge in [0, 0.05) is 18.7 Å². The first-order valence-electron chi connectivity index (χ1n) is 8.85. The molecule has 29 heavy (non-hydrogen) atoms. The molecule has 2 aromatic carbocycles. The topological polar surface area (TPSA) is 106 Å². The highest BCUT2D eigenvalue weighted by atomic mass is 19.1. The largest absolute Gasteiger partial charge is 0.484 e. The molecular weight excluding hydrogens is 379 g/mol. The summed E-state index contributed by atoms with van der Waals surface area (Å²) in [7, 11) is 0. The van der Waals surface area contributed by atoms with Crippen molar-refractivity contribution in [2.75, 3.05) is 19.7 Å². The molecule has 0 bridgehead atoms. The van der Waals surface area contributed by atoms with Crippen LogP contribution >= 0.6 is 0 Å². The van der Waals surface area contributed by atoms with Gasteiger partial charge in [-0.1, -0.05) is 35.0 Å². The lowest BCUT2D eigenvalue weighted by Crippen LogP contribution is -2.36. The highest BCUT2D eigenvalue weighted by molar-refractivity contribution is 5.89. The molecule has 8 nitrogen and oxygen atoms in total. The third kappa shape index (κ3) is 5.86. The van der Waals surface area contributed by atoms with E-state index in [9.17, 15) is 14.0 Å². The van der Waals surface area contributed by atoms with Crippen molar-refractivity contribution in [3.63, 3.8) is 0 Å². The Hall–Kier alpha value is -3.75. The Bertz CT molecular complexity index is 971. The predicted octanol–water partition coefficient (Wildman–Crippen LogP) is 2.11. The minimum Gasteiger partial charge on any atom is -0.484 e. The second kappa shape index (κ2) is 9.45. The van der Waals surface area contributed by atoms with Crippen LogP contribution in [0.15, 0.2) is 53.1 Å². The van der Waals surface area contributed by atoms with Gasteiger partial charge in [0.25, 0.3) is 5.91 Å². The van der Waals surface area contributed by atoms with E-state index in [1.165, 1.54) is 24.3 Å². The van der Waals surface area contributed by atoms with Gasteiger partial charge in [-0.05, 0) is 31.2 Å². The third-order valence-corrected chi connectivity index (χ3v) is 3.85. The van der Waals surface area contributed by atoms with Gasteiger partial charge in [-0.15, -0.1) is 0 Å². The van der Waals surface area contributed by atoms with Crippen molar-refractivity contribution >= 4 is 11.8 Å². The Morgan fingerprint density at radius 3 is 2.45 bits per heavy atom. The molecule has 1 heterocycles. The van der Waals surface area contributed by atoms with Crippen LogP contribution in [0.3, 0.4) is 0 Å². The van der Waals surface area contributed by atoms with E-state index in [-0.39, 0.29) is 37.3 Å². The normalized spacial score (nSPS) is 10.4. The van der Waals surface area contributed by atoms with E-state index >= 15 is 0 Å². The molecule has 0 saturated heterocycles. The number of hydrogen-bond acceptors (Lipinski definition) is 6. The molecule has 1 aromatic heterocycles. The number of rotatable bonds is 8. The zero-order valence-corrected chi connectivity index (χ0v) is 15.6. The Kier molecular flexibility index (Phi) is 6.51. The number of nitrogens with zero attached hydrogens (tertiary/aromatic N) is 2. The summed E-state index contributed by atoms with van der Waals surface area (Å²) in [5.41, 5.74) is 1.84. The Balaban J connectivity index is 1.38. The Morgan fingerprint density at radius 2 is 1.72 bits per heavy atom. The van der Waals surface area contributed by atoms with Crippen molar-refractivity contribution in [2.24, 2.45) is 0 Å². The molecule has 3 aromatic rings. The van der Waals surface area contributed by atoms with E-state index in [0.717, 1.165) is 11.1 Å². The molecule has 0 atom stereocenters. The van der Waals surface area contributed by atoms with Gasteiger partial charge < -0.3 is 19.9 Å². The van der Waals surface area contributed by atoms with E-state index in [4.69, 9.17) is 9.26 Å². The fourth-order valence-electron chi connectivity index (χ4n) is 2.32. The van der Waals surface area contributed by atoms with Crippen molar-refractivity contribution in [1.29, 1.82) is 0 Å². The molecule has 3 rings (SSSR count). The number of nitrogens with one attached hydrogen (secondary N) is 2. The lowest BCUT2D eigenvalue weighted by molar-refractivity contribution is -0.123. The molecule has 0 aliphatic heterocycles. The molecule has 2 N–H and O–H groups in total. The van der Waals surface area contributed by atoms with Gasteiger partial charge >= 0.3 is 11.8 Å². The first-order valence-corrected chi connectivity index (χ1v) is 8.85. The van der Waals surface area contributed by atoms with Crippen LogP contribution in [0.5, 0.6) is 5.75 Å². The average Bonchev–Trinajstić information content (AvgIpc) is 3.21. The fraction of sp³-hybridized carbons (Fsp3) is 0.200. The zero-order chi connectivity index (χ0) is 20.6. The maximum Gasteiger partial charge on any atom is 0.316 e. The van der Waals surface area contributed by atoms with Crippen LogP contribution in [0.4, 0.5) is 4.39 Å². The molecule has 0 radical (unpaired) electrons. The number of aryl methyl sites for hydroxylation is 1. The second-order valence-electron chi connectivity index (χ2n) is 6.14. The maximum atomic E-state index is 12.8. The molecule has 0 saturated carbocycles. The summed E-state index contributed by atoms with van der Waals surface area (Å²) in [5, 5.41) is 8.96. The highest BCUT2D eigenvalue weighted by Gasteiger charge is 2.15. The molecule has 0 aliphatic rings. The molecule has 0 spiro atoms. The molecule has 9 heteroatoms. The Labute approximate surface area is 166 Å². The zero-order valence-electron chi connectivity index (χ0n) is 15.6.